The zero-order valence-electron chi connectivity index (χ0n) is 11.2. The van der Waals surface area contributed by atoms with Gasteiger partial charge in [-0.2, -0.15) is 0 Å². The van der Waals surface area contributed by atoms with Crippen molar-refractivity contribution in [3.05, 3.63) is 11.6 Å². The standard InChI is InChI=1S/C13H27NO/c1-11(2)8-7-9-12(3)14-13(4,5)10-15-6/h8,12,14H,7,9-10H2,1-6H3. The minimum atomic E-state index is 0.0686. The Kier molecular flexibility index (Phi) is 6.86. The molecular weight excluding hydrogens is 186 g/mol. The molecule has 0 aliphatic heterocycles. The molecule has 1 atom stereocenters. The lowest BCUT2D eigenvalue weighted by molar-refractivity contribution is 0.121. The first-order chi connectivity index (χ1) is 6.87. The number of methoxy groups -OCH3 is 1. The van der Waals surface area contributed by atoms with E-state index in [9.17, 15) is 0 Å². The molecule has 0 fully saturated rings. The normalized spacial score (nSPS) is 13.7. The molecule has 0 aliphatic carbocycles. The number of nitrogens with one attached hydrogen (secondary N) is 1. The van der Waals surface area contributed by atoms with Crippen LogP contribution in [0.2, 0.25) is 0 Å². The molecular formula is C13H27NO. The summed E-state index contributed by atoms with van der Waals surface area (Å²) in [5.74, 6) is 0. The average molecular weight is 213 g/mol. The van der Waals surface area contributed by atoms with Crippen molar-refractivity contribution in [1.82, 2.24) is 5.32 Å². The third-order valence-corrected chi connectivity index (χ3v) is 2.29. The summed E-state index contributed by atoms with van der Waals surface area (Å²) in [4.78, 5) is 0. The van der Waals surface area contributed by atoms with E-state index in [1.54, 1.807) is 7.11 Å². The minimum Gasteiger partial charge on any atom is -0.383 e. The molecule has 0 bridgehead atoms. The molecule has 0 spiro atoms. The molecule has 2 heteroatoms. The molecule has 0 aromatic heterocycles. The first-order valence-electron chi connectivity index (χ1n) is 5.77. The van der Waals surface area contributed by atoms with Gasteiger partial charge in [0.25, 0.3) is 0 Å². The molecule has 90 valence electrons. The fourth-order valence-corrected chi connectivity index (χ4v) is 1.76. The summed E-state index contributed by atoms with van der Waals surface area (Å²) < 4.78 is 5.18. The molecule has 0 amide bonds. The first kappa shape index (κ1) is 14.7. The van der Waals surface area contributed by atoms with E-state index in [4.69, 9.17) is 4.74 Å². The van der Waals surface area contributed by atoms with Crippen molar-refractivity contribution < 1.29 is 4.74 Å². The third kappa shape index (κ3) is 8.64. The van der Waals surface area contributed by atoms with Crippen LogP contribution in [0.1, 0.15) is 47.5 Å². The van der Waals surface area contributed by atoms with Gasteiger partial charge in [0.15, 0.2) is 0 Å². The molecule has 0 rings (SSSR count). The number of rotatable bonds is 7. The molecule has 15 heavy (non-hydrogen) atoms. The van der Waals surface area contributed by atoms with Crippen molar-refractivity contribution in [2.75, 3.05) is 13.7 Å². The van der Waals surface area contributed by atoms with E-state index < -0.39 is 0 Å². The maximum absolute atomic E-state index is 5.18. The Morgan fingerprint density at radius 1 is 1.40 bits per heavy atom. The van der Waals surface area contributed by atoms with E-state index >= 15 is 0 Å². The van der Waals surface area contributed by atoms with Crippen LogP contribution in [0.4, 0.5) is 0 Å². The summed E-state index contributed by atoms with van der Waals surface area (Å²) in [5.41, 5.74) is 1.47. The molecule has 0 aromatic rings. The minimum absolute atomic E-state index is 0.0686. The van der Waals surface area contributed by atoms with Crippen LogP contribution in [0, 0.1) is 0 Å². The van der Waals surface area contributed by atoms with Crippen molar-refractivity contribution in [2.45, 2.75) is 59.0 Å². The lowest BCUT2D eigenvalue weighted by Gasteiger charge is -2.29. The van der Waals surface area contributed by atoms with Gasteiger partial charge in [-0.25, -0.2) is 0 Å². The maximum atomic E-state index is 5.18. The lowest BCUT2D eigenvalue weighted by Crippen LogP contribution is -2.47. The monoisotopic (exact) mass is 213 g/mol. The molecule has 0 aliphatic rings. The van der Waals surface area contributed by atoms with Crippen LogP contribution in [-0.4, -0.2) is 25.3 Å². The van der Waals surface area contributed by atoms with Gasteiger partial charge in [0.2, 0.25) is 0 Å². The second-order valence-electron chi connectivity index (χ2n) is 5.22. The molecule has 0 aromatic carbocycles. The maximum Gasteiger partial charge on any atom is 0.0639 e. The van der Waals surface area contributed by atoms with Gasteiger partial charge in [-0.15, -0.1) is 0 Å². The Morgan fingerprint density at radius 2 is 2.00 bits per heavy atom. The SMILES string of the molecule is COCC(C)(C)NC(C)CCC=C(C)C. The van der Waals surface area contributed by atoms with Crippen molar-refractivity contribution >= 4 is 0 Å². The molecule has 0 saturated heterocycles. The summed E-state index contributed by atoms with van der Waals surface area (Å²) in [5, 5.41) is 3.58. The van der Waals surface area contributed by atoms with Gasteiger partial charge >= 0.3 is 0 Å². The highest BCUT2D eigenvalue weighted by Gasteiger charge is 2.18. The van der Waals surface area contributed by atoms with Crippen LogP contribution < -0.4 is 5.32 Å². The first-order valence-corrected chi connectivity index (χ1v) is 5.77. The fourth-order valence-electron chi connectivity index (χ4n) is 1.76. The van der Waals surface area contributed by atoms with Crippen LogP contribution in [0.25, 0.3) is 0 Å². The van der Waals surface area contributed by atoms with E-state index in [1.807, 2.05) is 0 Å². The summed E-state index contributed by atoms with van der Waals surface area (Å²) in [6, 6.07) is 0.533. The fraction of sp³-hybridized carbons (Fsp3) is 0.846. The highest BCUT2D eigenvalue weighted by molar-refractivity contribution is 4.93. The second-order valence-corrected chi connectivity index (χ2v) is 5.22. The number of hydrogen-bond acceptors (Lipinski definition) is 2. The van der Waals surface area contributed by atoms with Crippen LogP contribution in [0.15, 0.2) is 11.6 Å². The number of hydrogen-bond donors (Lipinski definition) is 1. The number of ether oxygens (including phenoxy) is 1. The summed E-state index contributed by atoms with van der Waals surface area (Å²) in [6.45, 7) is 11.6. The van der Waals surface area contributed by atoms with Gasteiger partial charge in [-0.1, -0.05) is 11.6 Å². The van der Waals surface area contributed by atoms with E-state index in [2.05, 4.69) is 46.0 Å². The highest BCUT2D eigenvalue weighted by Crippen LogP contribution is 2.08. The Bertz CT molecular complexity index is 193. The van der Waals surface area contributed by atoms with Crippen LogP contribution >= 0.6 is 0 Å². The molecule has 2 nitrogen and oxygen atoms in total. The van der Waals surface area contributed by atoms with Gasteiger partial charge in [0.05, 0.1) is 6.61 Å². The van der Waals surface area contributed by atoms with Crippen molar-refractivity contribution in [1.29, 1.82) is 0 Å². The van der Waals surface area contributed by atoms with E-state index in [0.29, 0.717) is 6.04 Å². The summed E-state index contributed by atoms with van der Waals surface area (Å²) >= 11 is 0. The van der Waals surface area contributed by atoms with Crippen molar-refractivity contribution in [2.24, 2.45) is 0 Å². The van der Waals surface area contributed by atoms with Gasteiger partial charge in [-0.05, 0) is 47.5 Å². The molecule has 1 unspecified atom stereocenters. The van der Waals surface area contributed by atoms with E-state index in [-0.39, 0.29) is 5.54 Å². The molecule has 1 N–H and O–H groups in total. The van der Waals surface area contributed by atoms with Gasteiger partial charge < -0.3 is 10.1 Å². The predicted octanol–water partition coefficient (Wildman–Crippen LogP) is 3.14. The Labute approximate surface area is 95.1 Å². The highest BCUT2D eigenvalue weighted by atomic mass is 16.5. The van der Waals surface area contributed by atoms with Gasteiger partial charge in [0.1, 0.15) is 0 Å². The average Bonchev–Trinajstić information content (AvgIpc) is 2.01. The molecule has 0 heterocycles. The van der Waals surface area contributed by atoms with Crippen LogP contribution in [0.3, 0.4) is 0 Å². The Morgan fingerprint density at radius 3 is 2.47 bits per heavy atom. The molecule has 0 radical (unpaired) electrons. The largest absolute Gasteiger partial charge is 0.383 e. The van der Waals surface area contributed by atoms with E-state index in [0.717, 1.165) is 13.0 Å². The third-order valence-electron chi connectivity index (χ3n) is 2.29. The van der Waals surface area contributed by atoms with Crippen LogP contribution in [-0.2, 0) is 4.74 Å². The van der Waals surface area contributed by atoms with Crippen molar-refractivity contribution in [3.63, 3.8) is 0 Å². The molecule has 0 saturated carbocycles. The zero-order valence-corrected chi connectivity index (χ0v) is 11.2. The Hall–Kier alpha value is -0.340. The van der Waals surface area contributed by atoms with Gasteiger partial charge in [0, 0.05) is 18.7 Å². The lowest BCUT2D eigenvalue weighted by atomic mass is 10.0. The van der Waals surface area contributed by atoms with E-state index in [1.165, 1.54) is 12.0 Å². The quantitative estimate of drug-likeness (QED) is 0.656. The predicted molar refractivity (Wildman–Crippen MR) is 67.2 cm³/mol. The number of allylic oxidation sites excluding steroid dienone is 2. The summed E-state index contributed by atoms with van der Waals surface area (Å²) in [7, 11) is 1.75. The van der Waals surface area contributed by atoms with Crippen molar-refractivity contribution in [3.8, 4) is 0 Å². The summed E-state index contributed by atoms with van der Waals surface area (Å²) in [6.07, 6.45) is 4.62. The van der Waals surface area contributed by atoms with Crippen LogP contribution in [0.5, 0.6) is 0 Å². The smallest absolute Gasteiger partial charge is 0.0639 e. The van der Waals surface area contributed by atoms with Gasteiger partial charge in [-0.3, -0.25) is 0 Å². The topological polar surface area (TPSA) is 21.3 Å². The zero-order chi connectivity index (χ0) is 11.9. The Balaban J connectivity index is 3.82. The second kappa shape index (κ2) is 7.02.